The molecule has 2 aromatic heterocycles. The molecule has 0 saturated heterocycles. The van der Waals surface area contributed by atoms with Gasteiger partial charge in [-0.2, -0.15) is 5.26 Å². The molecule has 0 saturated carbocycles. The number of benzene rings is 7. The molecule has 3 nitrogen and oxygen atoms in total. The Labute approximate surface area is 265 Å². The fraction of sp³-hybridized carbons (Fsp3) is 0. The van der Waals surface area contributed by atoms with Gasteiger partial charge in [0.15, 0.2) is 0 Å². The van der Waals surface area contributed by atoms with E-state index in [1.54, 1.807) is 0 Å². The molecule has 0 bridgehead atoms. The van der Waals surface area contributed by atoms with Crippen molar-refractivity contribution in [3.05, 3.63) is 163 Å². The lowest BCUT2D eigenvalue weighted by Gasteiger charge is -2.17. The minimum Gasteiger partial charge on any atom is -0.455 e. The SMILES string of the molecule is N#Cc1ccc2c(c1)c1ccccc1n2-c1cccc(-c2cccc(-c3ccccc3)c2-c2cccc3c2oc2ccccc23)c1. The third-order valence-electron chi connectivity index (χ3n) is 9.04. The summed E-state index contributed by atoms with van der Waals surface area (Å²) in [4.78, 5) is 0. The van der Waals surface area contributed by atoms with Crippen LogP contribution in [0.2, 0.25) is 0 Å². The van der Waals surface area contributed by atoms with Gasteiger partial charge in [-0.3, -0.25) is 0 Å². The van der Waals surface area contributed by atoms with E-state index in [-0.39, 0.29) is 0 Å². The molecule has 0 aliphatic heterocycles. The van der Waals surface area contributed by atoms with Crippen molar-refractivity contribution < 1.29 is 4.42 Å². The van der Waals surface area contributed by atoms with E-state index in [1.165, 1.54) is 0 Å². The molecule has 9 aromatic rings. The minimum atomic E-state index is 0.659. The van der Waals surface area contributed by atoms with Crippen LogP contribution in [0.1, 0.15) is 5.56 Å². The number of aromatic nitrogens is 1. The van der Waals surface area contributed by atoms with E-state index in [0.717, 1.165) is 82.8 Å². The summed E-state index contributed by atoms with van der Waals surface area (Å²) in [5.74, 6) is 0. The third kappa shape index (κ3) is 3.98. The van der Waals surface area contributed by atoms with Crippen molar-refractivity contribution in [1.29, 1.82) is 5.26 Å². The maximum atomic E-state index is 9.62. The van der Waals surface area contributed by atoms with Gasteiger partial charge in [0.1, 0.15) is 11.2 Å². The Bertz CT molecular complexity index is 2650. The summed E-state index contributed by atoms with van der Waals surface area (Å²) in [5, 5.41) is 14.1. The predicted molar refractivity (Wildman–Crippen MR) is 189 cm³/mol. The van der Waals surface area contributed by atoms with Crippen LogP contribution in [0.15, 0.2) is 162 Å². The Balaban J connectivity index is 1.32. The van der Waals surface area contributed by atoms with Crippen molar-refractivity contribution in [3.63, 3.8) is 0 Å². The molecule has 2 heterocycles. The summed E-state index contributed by atoms with van der Waals surface area (Å²) < 4.78 is 8.89. The van der Waals surface area contributed by atoms with Gasteiger partial charge in [-0.15, -0.1) is 0 Å². The largest absolute Gasteiger partial charge is 0.455 e. The summed E-state index contributed by atoms with van der Waals surface area (Å²) >= 11 is 0. The van der Waals surface area contributed by atoms with Gasteiger partial charge in [0.2, 0.25) is 0 Å². The number of rotatable bonds is 4. The normalized spacial score (nSPS) is 11.5. The minimum absolute atomic E-state index is 0.659. The molecule has 0 atom stereocenters. The van der Waals surface area contributed by atoms with Crippen LogP contribution in [0, 0.1) is 11.3 Å². The molecular weight excluding hydrogens is 560 g/mol. The van der Waals surface area contributed by atoms with E-state index in [0.29, 0.717) is 5.56 Å². The molecule has 0 fully saturated rings. The summed E-state index contributed by atoms with van der Waals surface area (Å²) in [5.41, 5.74) is 12.4. The first-order valence-corrected chi connectivity index (χ1v) is 15.4. The molecule has 214 valence electrons. The number of hydrogen-bond donors (Lipinski definition) is 0. The van der Waals surface area contributed by atoms with Gasteiger partial charge >= 0.3 is 0 Å². The first kappa shape index (κ1) is 26.1. The monoisotopic (exact) mass is 586 g/mol. The molecule has 9 rings (SSSR count). The number of furan rings is 1. The topological polar surface area (TPSA) is 41.9 Å². The first-order valence-electron chi connectivity index (χ1n) is 15.4. The molecule has 0 spiro atoms. The molecular formula is C43H26N2O. The second-order valence-corrected chi connectivity index (χ2v) is 11.6. The highest BCUT2D eigenvalue weighted by Gasteiger charge is 2.20. The molecule has 0 unspecified atom stereocenters. The molecule has 7 aromatic carbocycles. The van der Waals surface area contributed by atoms with Gasteiger partial charge in [-0.05, 0) is 64.7 Å². The summed E-state index contributed by atoms with van der Waals surface area (Å²) in [6.45, 7) is 0. The quantitative estimate of drug-likeness (QED) is 0.206. The van der Waals surface area contributed by atoms with E-state index >= 15 is 0 Å². The fourth-order valence-electron chi connectivity index (χ4n) is 7.02. The van der Waals surface area contributed by atoms with Gasteiger partial charge in [0, 0.05) is 38.4 Å². The molecule has 0 amide bonds. The fourth-order valence-corrected chi connectivity index (χ4v) is 7.02. The van der Waals surface area contributed by atoms with Gasteiger partial charge in [0.25, 0.3) is 0 Å². The summed E-state index contributed by atoms with van der Waals surface area (Å²) in [6, 6.07) is 57.3. The third-order valence-corrected chi connectivity index (χ3v) is 9.04. The van der Waals surface area contributed by atoms with Crippen LogP contribution in [-0.4, -0.2) is 4.57 Å². The molecule has 0 aliphatic carbocycles. The zero-order valence-electron chi connectivity index (χ0n) is 24.8. The molecule has 0 aliphatic rings. The maximum Gasteiger partial charge on any atom is 0.143 e. The van der Waals surface area contributed by atoms with Crippen LogP contribution in [0.3, 0.4) is 0 Å². The van der Waals surface area contributed by atoms with Crippen molar-refractivity contribution in [2.24, 2.45) is 0 Å². The lowest BCUT2D eigenvalue weighted by molar-refractivity contribution is 0.670. The van der Waals surface area contributed by atoms with Crippen LogP contribution in [0.4, 0.5) is 0 Å². The Hall–Kier alpha value is -6.37. The number of para-hydroxylation sites is 3. The number of nitriles is 1. The zero-order valence-corrected chi connectivity index (χ0v) is 24.8. The van der Waals surface area contributed by atoms with Crippen molar-refractivity contribution in [2.45, 2.75) is 0 Å². The Morgan fingerprint density at radius 1 is 0.478 bits per heavy atom. The van der Waals surface area contributed by atoms with Crippen molar-refractivity contribution in [3.8, 4) is 45.1 Å². The summed E-state index contributed by atoms with van der Waals surface area (Å²) in [7, 11) is 0. The average molecular weight is 587 g/mol. The van der Waals surface area contributed by atoms with E-state index in [9.17, 15) is 5.26 Å². The molecule has 0 N–H and O–H groups in total. The maximum absolute atomic E-state index is 9.62. The highest BCUT2D eigenvalue weighted by Crippen LogP contribution is 2.45. The number of hydrogen-bond acceptors (Lipinski definition) is 2. The van der Waals surface area contributed by atoms with Crippen molar-refractivity contribution in [2.75, 3.05) is 0 Å². The molecule has 3 heteroatoms. The van der Waals surface area contributed by atoms with Crippen LogP contribution in [0.5, 0.6) is 0 Å². The molecule has 46 heavy (non-hydrogen) atoms. The lowest BCUT2D eigenvalue weighted by Crippen LogP contribution is -1.96. The van der Waals surface area contributed by atoms with E-state index < -0.39 is 0 Å². The smallest absolute Gasteiger partial charge is 0.143 e. The standard InChI is InChI=1S/C43H26N2O/c44-27-28-23-24-40-38(25-28)34-15-4-6-21-39(34)45(40)31-14-8-13-30(26-31)33-18-9-17-32(29-11-2-1-3-12-29)42(33)37-20-10-19-36-35-16-5-7-22-41(35)46-43(36)37/h1-26H. The molecule has 0 radical (unpaired) electrons. The van der Waals surface area contributed by atoms with Gasteiger partial charge in [-0.1, -0.05) is 115 Å². The Morgan fingerprint density at radius 2 is 1.13 bits per heavy atom. The van der Waals surface area contributed by atoms with Crippen molar-refractivity contribution >= 4 is 43.7 Å². The lowest BCUT2D eigenvalue weighted by atomic mass is 9.87. The number of fused-ring (bicyclic) bond motifs is 6. The second-order valence-electron chi connectivity index (χ2n) is 11.6. The number of nitrogens with zero attached hydrogens (tertiary/aromatic N) is 2. The highest BCUT2D eigenvalue weighted by atomic mass is 16.3. The van der Waals surface area contributed by atoms with Crippen LogP contribution in [0.25, 0.3) is 82.8 Å². The van der Waals surface area contributed by atoms with E-state index in [4.69, 9.17) is 4.42 Å². The van der Waals surface area contributed by atoms with Gasteiger partial charge in [-0.25, -0.2) is 0 Å². The van der Waals surface area contributed by atoms with Gasteiger partial charge < -0.3 is 8.98 Å². The van der Waals surface area contributed by atoms with Gasteiger partial charge in [0.05, 0.1) is 22.7 Å². The average Bonchev–Trinajstić information content (AvgIpc) is 3.67. The van der Waals surface area contributed by atoms with Crippen LogP contribution in [-0.2, 0) is 0 Å². The van der Waals surface area contributed by atoms with Crippen molar-refractivity contribution in [1.82, 2.24) is 4.57 Å². The highest BCUT2D eigenvalue weighted by molar-refractivity contribution is 6.13. The first-order chi connectivity index (χ1) is 22.8. The predicted octanol–water partition coefficient (Wildman–Crippen LogP) is 11.6. The Morgan fingerprint density at radius 3 is 2.00 bits per heavy atom. The Kier molecular flexibility index (Phi) is 5.88. The van der Waals surface area contributed by atoms with Crippen LogP contribution >= 0.6 is 0 Å². The van der Waals surface area contributed by atoms with E-state index in [1.807, 2.05) is 24.3 Å². The van der Waals surface area contributed by atoms with Crippen LogP contribution < -0.4 is 0 Å². The second kappa shape index (κ2) is 10.4. The zero-order chi connectivity index (χ0) is 30.6. The summed E-state index contributed by atoms with van der Waals surface area (Å²) in [6.07, 6.45) is 0. The van der Waals surface area contributed by atoms with E-state index in [2.05, 4.69) is 144 Å².